The first-order valence-corrected chi connectivity index (χ1v) is 11.7. The summed E-state index contributed by atoms with van der Waals surface area (Å²) in [4.78, 5) is 20.6. The Morgan fingerprint density at radius 1 is 0.853 bits per heavy atom. The zero-order valence-corrected chi connectivity index (χ0v) is 21.0. The van der Waals surface area contributed by atoms with E-state index in [9.17, 15) is 4.79 Å². The van der Waals surface area contributed by atoms with Gasteiger partial charge in [0.15, 0.2) is 0 Å². The summed E-state index contributed by atoms with van der Waals surface area (Å²) in [6.45, 7) is 3.78. The van der Waals surface area contributed by atoms with Gasteiger partial charge in [0.25, 0.3) is 0 Å². The molecule has 0 saturated heterocycles. The van der Waals surface area contributed by atoms with Crippen molar-refractivity contribution in [2.75, 3.05) is 14.2 Å². The fourth-order valence-electron chi connectivity index (χ4n) is 4.12. The maximum atomic E-state index is 13.7. The normalized spacial score (nSPS) is 17.6. The van der Waals surface area contributed by atoms with Gasteiger partial charge in [0, 0.05) is 27.6 Å². The van der Waals surface area contributed by atoms with E-state index < -0.39 is 0 Å². The summed E-state index contributed by atoms with van der Waals surface area (Å²) in [5, 5.41) is 1.27. The summed E-state index contributed by atoms with van der Waals surface area (Å²) in [5.74, 6) is 1.53. The molecule has 34 heavy (non-hydrogen) atoms. The third kappa shape index (κ3) is 4.77. The average Bonchev–Trinajstić information content (AvgIpc) is 3.24. The summed E-state index contributed by atoms with van der Waals surface area (Å²) in [6.07, 6.45) is 0. The lowest BCUT2D eigenvalue weighted by atomic mass is 9.93. The minimum absolute atomic E-state index is 0.0306. The molecule has 0 aliphatic carbocycles. The van der Waals surface area contributed by atoms with Crippen molar-refractivity contribution in [3.05, 3.63) is 93.5 Å². The highest BCUT2D eigenvalue weighted by molar-refractivity contribution is 6.30. The minimum atomic E-state index is -0.361. The van der Waals surface area contributed by atoms with Gasteiger partial charge < -0.3 is 9.47 Å². The van der Waals surface area contributed by atoms with Crippen LogP contribution in [0.1, 0.15) is 42.6 Å². The Balaban J connectivity index is 1.94. The van der Waals surface area contributed by atoms with Crippen LogP contribution in [0.2, 0.25) is 10.0 Å². The number of carbonyl (C=O) groups is 1. The molecular weight excluding hydrogens is 471 g/mol. The molecule has 176 valence electrons. The third-order valence-corrected chi connectivity index (χ3v) is 6.33. The Kier molecular flexibility index (Phi) is 7.15. The number of methoxy groups -OCH3 is 2. The van der Waals surface area contributed by atoms with Gasteiger partial charge in [-0.05, 0) is 47.5 Å². The lowest BCUT2D eigenvalue weighted by Crippen LogP contribution is -2.40. The number of amides is 1. The number of halogens is 2. The molecule has 1 amide bonds. The van der Waals surface area contributed by atoms with Crippen molar-refractivity contribution < 1.29 is 14.3 Å². The van der Waals surface area contributed by atoms with E-state index in [1.165, 1.54) is 0 Å². The number of amidine groups is 1. The lowest BCUT2D eigenvalue weighted by molar-refractivity contribution is -0.132. The van der Waals surface area contributed by atoms with Gasteiger partial charge in [0.2, 0.25) is 5.91 Å². The maximum absolute atomic E-state index is 13.7. The zero-order chi connectivity index (χ0) is 24.4. The molecule has 2 atom stereocenters. The Morgan fingerprint density at radius 2 is 1.35 bits per heavy atom. The Morgan fingerprint density at radius 3 is 1.82 bits per heavy atom. The summed E-state index contributed by atoms with van der Waals surface area (Å²) >= 11 is 12.3. The van der Waals surface area contributed by atoms with Crippen LogP contribution in [0.5, 0.6) is 11.5 Å². The first-order chi connectivity index (χ1) is 16.3. The Bertz CT molecular complexity index is 1190. The zero-order valence-electron chi connectivity index (χ0n) is 19.5. The molecule has 3 aromatic rings. The van der Waals surface area contributed by atoms with E-state index in [4.69, 9.17) is 37.7 Å². The smallest absolute Gasteiger partial charge is 0.231 e. The van der Waals surface area contributed by atoms with Gasteiger partial charge in [0.1, 0.15) is 23.4 Å². The number of benzene rings is 3. The van der Waals surface area contributed by atoms with E-state index in [-0.39, 0.29) is 23.9 Å². The molecule has 0 radical (unpaired) electrons. The van der Waals surface area contributed by atoms with Crippen LogP contribution in [-0.2, 0) is 4.79 Å². The average molecular weight is 497 g/mol. The molecule has 4 rings (SSSR count). The van der Waals surface area contributed by atoms with Crippen LogP contribution in [0.25, 0.3) is 0 Å². The molecule has 0 fully saturated rings. The van der Waals surface area contributed by atoms with E-state index in [1.807, 2.05) is 74.5 Å². The van der Waals surface area contributed by atoms with Gasteiger partial charge in [0.05, 0.1) is 20.3 Å². The van der Waals surface area contributed by atoms with Gasteiger partial charge in [-0.1, -0.05) is 61.3 Å². The highest BCUT2D eigenvalue weighted by Crippen LogP contribution is 2.45. The molecule has 1 heterocycles. The van der Waals surface area contributed by atoms with Crippen LogP contribution in [0.3, 0.4) is 0 Å². The molecule has 0 saturated carbocycles. The second kappa shape index (κ2) is 10.1. The SMILES string of the molecule is COc1cc(OC)cc(C2=N[C@H](c3ccc(Cl)cc3)[C@H](c3ccc(Cl)cc3)N2C(=O)C(C)C)c1. The van der Waals surface area contributed by atoms with Crippen molar-refractivity contribution in [3.8, 4) is 11.5 Å². The van der Waals surface area contributed by atoms with Gasteiger partial charge in [-0.3, -0.25) is 14.7 Å². The van der Waals surface area contributed by atoms with Crippen LogP contribution in [0.4, 0.5) is 0 Å². The van der Waals surface area contributed by atoms with Crippen molar-refractivity contribution >= 4 is 34.9 Å². The molecule has 5 nitrogen and oxygen atoms in total. The second-order valence-corrected chi connectivity index (χ2v) is 9.28. The van der Waals surface area contributed by atoms with Gasteiger partial charge in [-0.15, -0.1) is 0 Å². The molecule has 0 N–H and O–H groups in total. The summed E-state index contributed by atoms with van der Waals surface area (Å²) in [6, 6.07) is 20.0. The number of rotatable bonds is 6. The maximum Gasteiger partial charge on any atom is 0.231 e. The Hall–Kier alpha value is -3.02. The first kappa shape index (κ1) is 24.1. The Labute approximate surface area is 209 Å². The molecule has 1 aliphatic rings. The van der Waals surface area contributed by atoms with E-state index in [2.05, 4.69) is 0 Å². The molecule has 1 aliphatic heterocycles. The molecule has 7 heteroatoms. The topological polar surface area (TPSA) is 51.1 Å². The minimum Gasteiger partial charge on any atom is -0.497 e. The largest absolute Gasteiger partial charge is 0.497 e. The van der Waals surface area contributed by atoms with E-state index >= 15 is 0 Å². The number of hydrogen-bond donors (Lipinski definition) is 0. The van der Waals surface area contributed by atoms with Gasteiger partial charge in [-0.25, -0.2) is 0 Å². The van der Waals surface area contributed by atoms with Crippen molar-refractivity contribution in [1.82, 2.24) is 4.90 Å². The number of hydrogen-bond acceptors (Lipinski definition) is 4. The first-order valence-electron chi connectivity index (χ1n) is 11.0. The van der Waals surface area contributed by atoms with Crippen LogP contribution in [0.15, 0.2) is 71.7 Å². The summed E-state index contributed by atoms with van der Waals surface area (Å²) < 4.78 is 11.0. The summed E-state index contributed by atoms with van der Waals surface area (Å²) in [5.41, 5.74) is 2.63. The molecule has 3 aromatic carbocycles. The standard InChI is InChI=1S/C27H26Cl2N2O3/c1-16(2)27(32)31-25(18-7-11-21(29)12-8-18)24(17-5-9-20(28)10-6-17)30-26(31)19-13-22(33-3)15-23(14-19)34-4/h5-16,24-25H,1-4H3/t24-,25+/m1/s1. The number of carbonyl (C=O) groups excluding carboxylic acids is 1. The van der Waals surface area contributed by atoms with Crippen molar-refractivity contribution in [3.63, 3.8) is 0 Å². The van der Waals surface area contributed by atoms with Crippen molar-refractivity contribution in [1.29, 1.82) is 0 Å². The monoisotopic (exact) mass is 496 g/mol. The van der Waals surface area contributed by atoms with Crippen LogP contribution in [-0.4, -0.2) is 30.9 Å². The fourth-order valence-corrected chi connectivity index (χ4v) is 4.37. The molecule has 0 spiro atoms. The van der Waals surface area contributed by atoms with Crippen LogP contribution >= 0.6 is 23.2 Å². The highest BCUT2D eigenvalue weighted by atomic mass is 35.5. The highest BCUT2D eigenvalue weighted by Gasteiger charge is 2.43. The summed E-state index contributed by atoms with van der Waals surface area (Å²) in [7, 11) is 3.19. The van der Waals surface area contributed by atoms with E-state index in [0.29, 0.717) is 27.4 Å². The van der Waals surface area contributed by atoms with Gasteiger partial charge >= 0.3 is 0 Å². The molecule has 0 unspecified atom stereocenters. The number of nitrogens with zero attached hydrogens (tertiary/aromatic N) is 2. The van der Waals surface area contributed by atoms with Crippen molar-refractivity contribution in [2.45, 2.75) is 25.9 Å². The molecule has 0 bridgehead atoms. The van der Waals surface area contributed by atoms with Gasteiger partial charge in [-0.2, -0.15) is 0 Å². The second-order valence-electron chi connectivity index (χ2n) is 8.41. The predicted octanol–water partition coefficient (Wildman–Crippen LogP) is 6.74. The molecule has 0 aromatic heterocycles. The number of ether oxygens (including phenoxy) is 2. The predicted molar refractivity (Wildman–Crippen MR) is 136 cm³/mol. The third-order valence-electron chi connectivity index (χ3n) is 5.83. The fraction of sp³-hybridized carbons (Fsp3) is 0.259. The van der Waals surface area contributed by atoms with Crippen molar-refractivity contribution in [2.24, 2.45) is 10.9 Å². The van der Waals surface area contributed by atoms with Crippen LogP contribution in [0, 0.1) is 5.92 Å². The quantitative estimate of drug-likeness (QED) is 0.379. The van der Waals surface area contributed by atoms with Crippen LogP contribution < -0.4 is 9.47 Å². The lowest BCUT2D eigenvalue weighted by Gasteiger charge is -2.31. The van der Waals surface area contributed by atoms with E-state index in [0.717, 1.165) is 16.7 Å². The number of aliphatic imine (C=N–C) groups is 1. The van der Waals surface area contributed by atoms with E-state index in [1.54, 1.807) is 25.2 Å². The molecular formula is C27H26Cl2N2O3.